The molecule has 0 aromatic heterocycles. The highest BCUT2D eigenvalue weighted by molar-refractivity contribution is 5.10. The van der Waals surface area contributed by atoms with Gasteiger partial charge in [0.2, 0.25) is 5.79 Å². The molecule has 4 nitrogen and oxygen atoms in total. The maximum atomic E-state index is 6.40. The van der Waals surface area contributed by atoms with Crippen molar-refractivity contribution >= 4 is 0 Å². The summed E-state index contributed by atoms with van der Waals surface area (Å²) in [5.74, 6) is 1.27. The van der Waals surface area contributed by atoms with Crippen molar-refractivity contribution in [2.45, 2.75) is 76.7 Å². The van der Waals surface area contributed by atoms with Crippen LogP contribution in [0.2, 0.25) is 0 Å². The molecule has 0 N–H and O–H groups in total. The third kappa shape index (κ3) is 1.90. The Kier molecular flexibility index (Phi) is 3.46. The first-order chi connectivity index (χ1) is 10.5. The van der Waals surface area contributed by atoms with E-state index in [9.17, 15) is 0 Å². The second-order valence-corrected chi connectivity index (χ2v) is 7.97. The van der Waals surface area contributed by atoms with Gasteiger partial charge >= 0.3 is 0 Å². The third-order valence-electron chi connectivity index (χ3n) is 6.69. The van der Waals surface area contributed by atoms with E-state index in [0.29, 0.717) is 23.7 Å². The standard InChI is InChI=1S/C18H28O4/c1-5-6-15-12(3)14-8-7-11(2)13-9-10-17(4)20-16(19-15)18(13,14)22-21-17/h5,11-16H,1,6-10H2,2-4H3/t11-,12-,13+,14+,15-,16-,17+,18?/m1/s1. The van der Waals surface area contributed by atoms with Gasteiger partial charge in [-0.05, 0) is 50.4 Å². The summed E-state index contributed by atoms with van der Waals surface area (Å²) in [5.41, 5.74) is -0.426. The van der Waals surface area contributed by atoms with Gasteiger partial charge in [-0.15, -0.1) is 6.58 Å². The third-order valence-corrected chi connectivity index (χ3v) is 6.69. The summed E-state index contributed by atoms with van der Waals surface area (Å²) >= 11 is 0. The SMILES string of the molecule is C=CC[C@H]1O[C@@H]2O[C@]3(C)CC[C@H]4[C@H](C)CC[C@@H]([C@H]1C)C24OO3. The molecule has 5 rings (SSSR count). The fraction of sp³-hybridized carbons (Fsp3) is 0.889. The van der Waals surface area contributed by atoms with E-state index in [1.54, 1.807) is 0 Å². The van der Waals surface area contributed by atoms with Crippen LogP contribution in [-0.4, -0.2) is 23.8 Å². The fourth-order valence-corrected chi connectivity index (χ4v) is 5.41. The van der Waals surface area contributed by atoms with Crippen molar-refractivity contribution in [1.29, 1.82) is 0 Å². The van der Waals surface area contributed by atoms with Crippen LogP contribution >= 0.6 is 0 Å². The minimum atomic E-state index is -0.670. The summed E-state index contributed by atoms with van der Waals surface area (Å²) in [6, 6.07) is 0. The Morgan fingerprint density at radius 2 is 1.95 bits per heavy atom. The lowest BCUT2D eigenvalue weighted by molar-refractivity contribution is -0.571. The van der Waals surface area contributed by atoms with Gasteiger partial charge in [-0.25, -0.2) is 9.78 Å². The van der Waals surface area contributed by atoms with E-state index < -0.39 is 11.4 Å². The molecule has 22 heavy (non-hydrogen) atoms. The zero-order valence-electron chi connectivity index (χ0n) is 13.9. The molecule has 4 heterocycles. The topological polar surface area (TPSA) is 36.9 Å². The van der Waals surface area contributed by atoms with Gasteiger partial charge in [0.05, 0.1) is 6.10 Å². The highest BCUT2D eigenvalue weighted by Gasteiger charge is 2.69. The van der Waals surface area contributed by atoms with Gasteiger partial charge in [0.25, 0.3) is 0 Å². The highest BCUT2D eigenvalue weighted by Crippen LogP contribution is 2.60. The number of ether oxygens (including phenoxy) is 2. The number of hydrogen-bond donors (Lipinski definition) is 0. The Hall–Kier alpha value is -0.420. The molecule has 5 fully saturated rings. The van der Waals surface area contributed by atoms with E-state index >= 15 is 0 Å². The van der Waals surface area contributed by atoms with E-state index in [1.807, 2.05) is 13.0 Å². The van der Waals surface area contributed by atoms with Crippen molar-refractivity contribution in [1.82, 2.24) is 0 Å². The molecule has 4 aliphatic heterocycles. The van der Waals surface area contributed by atoms with Crippen molar-refractivity contribution in [3.8, 4) is 0 Å². The molecular formula is C18H28O4. The van der Waals surface area contributed by atoms with Crippen LogP contribution < -0.4 is 0 Å². The van der Waals surface area contributed by atoms with E-state index in [4.69, 9.17) is 19.2 Å². The molecule has 5 aliphatic rings. The van der Waals surface area contributed by atoms with Crippen LogP contribution in [0.4, 0.5) is 0 Å². The van der Waals surface area contributed by atoms with Crippen LogP contribution in [0.15, 0.2) is 12.7 Å². The molecule has 2 bridgehead atoms. The molecule has 1 aliphatic carbocycles. The molecule has 4 saturated heterocycles. The molecule has 0 aromatic carbocycles. The van der Waals surface area contributed by atoms with Crippen LogP contribution in [0.1, 0.15) is 52.9 Å². The van der Waals surface area contributed by atoms with E-state index in [0.717, 1.165) is 25.7 Å². The lowest BCUT2D eigenvalue weighted by Crippen LogP contribution is -2.70. The van der Waals surface area contributed by atoms with Gasteiger partial charge in [0.1, 0.15) is 0 Å². The first kappa shape index (κ1) is 15.1. The van der Waals surface area contributed by atoms with Crippen molar-refractivity contribution in [3.63, 3.8) is 0 Å². The Bertz CT molecular complexity index is 466. The molecule has 1 unspecified atom stereocenters. The summed E-state index contributed by atoms with van der Waals surface area (Å²) < 4.78 is 12.7. The molecule has 8 atom stereocenters. The molecule has 0 radical (unpaired) electrons. The summed E-state index contributed by atoms with van der Waals surface area (Å²) in [7, 11) is 0. The second-order valence-electron chi connectivity index (χ2n) is 7.97. The number of rotatable bonds is 2. The van der Waals surface area contributed by atoms with Crippen molar-refractivity contribution in [3.05, 3.63) is 12.7 Å². The monoisotopic (exact) mass is 308 g/mol. The van der Waals surface area contributed by atoms with E-state index in [2.05, 4.69) is 20.4 Å². The summed E-state index contributed by atoms with van der Waals surface area (Å²) in [4.78, 5) is 11.9. The van der Waals surface area contributed by atoms with Gasteiger partial charge in [0.15, 0.2) is 11.9 Å². The average molecular weight is 308 g/mol. The van der Waals surface area contributed by atoms with Gasteiger partial charge in [-0.2, -0.15) is 0 Å². The average Bonchev–Trinajstić information content (AvgIpc) is 2.71. The highest BCUT2D eigenvalue weighted by atomic mass is 17.3. The van der Waals surface area contributed by atoms with Gasteiger partial charge in [-0.3, -0.25) is 0 Å². The summed E-state index contributed by atoms with van der Waals surface area (Å²) in [6.07, 6.45) is 7.06. The molecule has 4 heteroatoms. The smallest absolute Gasteiger partial charge is 0.201 e. The van der Waals surface area contributed by atoms with Crippen molar-refractivity contribution in [2.75, 3.05) is 0 Å². The van der Waals surface area contributed by atoms with Crippen LogP contribution in [0, 0.1) is 23.7 Å². The molecular weight excluding hydrogens is 280 g/mol. The van der Waals surface area contributed by atoms with E-state index in [-0.39, 0.29) is 12.4 Å². The van der Waals surface area contributed by atoms with Crippen molar-refractivity contribution < 1.29 is 19.2 Å². The summed E-state index contributed by atoms with van der Waals surface area (Å²) in [6.45, 7) is 10.5. The minimum Gasteiger partial charge on any atom is -0.346 e. The fourth-order valence-electron chi connectivity index (χ4n) is 5.41. The molecule has 124 valence electrons. The molecule has 0 aromatic rings. The molecule has 1 spiro atoms. The first-order valence-electron chi connectivity index (χ1n) is 8.81. The van der Waals surface area contributed by atoms with E-state index in [1.165, 1.54) is 6.42 Å². The quantitative estimate of drug-likeness (QED) is 0.574. The zero-order valence-corrected chi connectivity index (χ0v) is 13.9. The lowest BCUT2D eigenvalue weighted by Gasteiger charge is -2.60. The first-order valence-corrected chi connectivity index (χ1v) is 8.81. The maximum absolute atomic E-state index is 6.40. The van der Waals surface area contributed by atoms with Crippen LogP contribution in [0.5, 0.6) is 0 Å². The maximum Gasteiger partial charge on any atom is 0.201 e. The number of hydrogen-bond acceptors (Lipinski definition) is 4. The Balaban J connectivity index is 1.77. The van der Waals surface area contributed by atoms with Crippen molar-refractivity contribution in [2.24, 2.45) is 23.7 Å². The predicted molar refractivity (Wildman–Crippen MR) is 81.6 cm³/mol. The Morgan fingerprint density at radius 1 is 1.14 bits per heavy atom. The zero-order chi connectivity index (χ0) is 15.5. The van der Waals surface area contributed by atoms with Gasteiger partial charge < -0.3 is 9.47 Å². The van der Waals surface area contributed by atoms with Gasteiger partial charge in [-0.1, -0.05) is 19.9 Å². The normalized spacial score (nSPS) is 57.0. The molecule has 1 saturated carbocycles. The lowest BCUT2D eigenvalue weighted by atomic mass is 9.57. The van der Waals surface area contributed by atoms with Crippen LogP contribution in [0.25, 0.3) is 0 Å². The second kappa shape index (κ2) is 5.04. The van der Waals surface area contributed by atoms with Crippen LogP contribution in [0.3, 0.4) is 0 Å². The Labute approximate surface area is 133 Å². The predicted octanol–water partition coefficient (Wildman–Crippen LogP) is 3.81. The summed E-state index contributed by atoms with van der Waals surface area (Å²) in [5, 5.41) is 0. The number of fused-ring (bicyclic) bond motifs is 2. The Morgan fingerprint density at radius 3 is 2.73 bits per heavy atom. The molecule has 0 amide bonds. The minimum absolute atomic E-state index is 0.165. The van der Waals surface area contributed by atoms with Gasteiger partial charge in [0, 0.05) is 12.3 Å². The van der Waals surface area contributed by atoms with Crippen LogP contribution in [-0.2, 0) is 19.2 Å². The largest absolute Gasteiger partial charge is 0.346 e.